The van der Waals surface area contributed by atoms with Gasteiger partial charge in [-0.2, -0.15) is 0 Å². The molecule has 3 rings (SSSR count). The lowest BCUT2D eigenvalue weighted by atomic mass is 10.1. The molecule has 2 aromatic heterocycles. The molecule has 2 heterocycles. The number of benzene rings is 1. The molecule has 0 atom stereocenters. The quantitative estimate of drug-likeness (QED) is 0.730. The van der Waals surface area contributed by atoms with Gasteiger partial charge in [0.2, 0.25) is 0 Å². The summed E-state index contributed by atoms with van der Waals surface area (Å²) in [5, 5.41) is 10.3. The third kappa shape index (κ3) is 2.78. The highest BCUT2D eigenvalue weighted by Crippen LogP contribution is 2.14. The molecule has 6 heteroatoms. The van der Waals surface area contributed by atoms with E-state index in [1.165, 1.54) is 12.1 Å². The summed E-state index contributed by atoms with van der Waals surface area (Å²) in [6.07, 6.45) is 3.36. The average molecular weight is 359 g/mol. The number of halogens is 1. The van der Waals surface area contributed by atoms with Crippen LogP contribution in [0.15, 0.2) is 58.2 Å². The zero-order valence-corrected chi connectivity index (χ0v) is 12.9. The molecule has 1 aromatic carbocycles. The predicted octanol–water partition coefficient (Wildman–Crippen LogP) is 2.91. The first-order valence-electron chi connectivity index (χ1n) is 6.51. The number of carboxylic acid groups (broad SMARTS) is 1. The molecule has 0 bridgehead atoms. The highest BCUT2D eigenvalue weighted by molar-refractivity contribution is 9.10. The predicted molar refractivity (Wildman–Crippen MR) is 86.2 cm³/mol. The van der Waals surface area contributed by atoms with E-state index in [4.69, 9.17) is 5.11 Å². The Morgan fingerprint density at radius 3 is 2.64 bits per heavy atom. The van der Waals surface area contributed by atoms with Gasteiger partial charge < -0.3 is 9.67 Å². The van der Waals surface area contributed by atoms with Crippen LogP contribution in [0.3, 0.4) is 0 Å². The van der Waals surface area contributed by atoms with Gasteiger partial charge in [-0.15, -0.1) is 0 Å². The zero-order valence-electron chi connectivity index (χ0n) is 11.4. The number of carbonyl (C=O) groups is 1. The van der Waals surface area contributed by atoms with Crippen LogP contribution in [0, 0.1) is 0 Å². The third-order valence-corrected chi connectivity index (χ3v) is 3.81. The van der Waals surface area contributed by atoms with Crippen molar-refractivity contribution in [1.82, 2.24) is 9.55 Å². The highest BCUT2D eigenvalue weighted by atomic mass is 79.9. The Balaban J connectivity index is 1.98. The standard InChI is InChI=1S/C16H11BrN2O3/c17-14-7-13-12(8-18-14)5-6-19(15(13)20)9-10-1-3-11(4-2-10)16(21)22/h1-8H,9H2,(H,21,22). The van der Waals surface area contributed by atoms with Crippen LogP contribution >= 0.6 is 15.9 Å². The molecular weight excluding hydrogens is 348 g/mol. The van der Waals surface area contributed by atoms with Gasteiger partial charge in [-0.25, -0.2) is 9.78 Å². The van der Waals surface area contributed by atoms with Gasteiger partial charge in [-0.1, -0.05) is 12.1 Å². The number of hydrogen-bond donors (Lipinski definition) is 1. The summed E-state index contributed by atoms with van der Waals surface area (Å²) in [7, 11) is 0. The molecule has 0 radical (unpaired) electrons. The fourth-order valence-electron chi connectivity index (χ4n) is 2.23. The van der Waals surface area contributed by atoms with Gasteiger partial charge in [0.25, 0.3) is 5.56 Å². The maximum atomic E-state index is 12.5. The van der Waals surface area contributed by atoms with Gasteiger partial charge in [0.15, 0.2) is 0 Å². The van der Waals surface area contributed by atoms with Crippen LogP contribution in [0.25, 0.3) is 10.8 Å². The summed E-state index contributed by atoms with van der Waals surface area (Å²) < 4.78 is 2.20. The van der Waals surface area contributed by atoms with Crippen LogP contribution in [0.1, 0.15) is 15.9 Å². The van der Waals surface area contributed by atoms with E-state index in [0.717, 1.165) is 10.9 Å². The highest BCUT2D eigenvalue weighted by Gasteiger charge is 2.06. The fraction of sp³-hybridized carbons (Fsp3) is 0.0625. The monoisotopic (exact) mass is 358 g/mol. The minimum atomic E-state index is -0.966. The number of hydrogen-bond acceptors (Lipinski definition) is 3. The van der Waals surface area contributed by atoms with E-state index in [0.29, 0.717) is 16.5 Å². The molecule has 0 aliphatic rings. The Labute approximate surface area is 134 Å². The summed E-state index contributed by atoms with van der Waals surface area (Å²) in [6.45, 7) is 0.384. The van der Waals surface area contributed by atoms with Crippen molar-refractivity contribution in [3.8, 4) is 0 Å². The molecule has 5 nitrogen and oxygen atoms in total. The van der Waals surface area contributed by atoms with Gasteiger partial charge in [-0.05, 0) is 45.8 Å². The summed E-state index contributed by atoms with van der Waals surface area (Å²) in [5.41, 5.74) is 0.979. The minimum absolute atomic E-state index is 0.108. The molecular formula is C16H11BrN2O3. The lowest BCUT2D eigenvalue weighted by Gasteiger charge is -2.08. The van der Waals surface area contributed by atoms with Crippen LogP contribution in [-0.4, -0.2) is 20.6 Å². The average Bonchev–Trinajstić information content (AvgIpc) is 2.51. The first-order valence-corrected chi connectivity index (χ1v) is 7.31. The molecule has 0 spiro atoms. The number of carboxylic acids is 1. The second kappa shape index (κ2) is 5.73. The molecule has 3 aromatic rings. The first kappa shape index (κ1) is 14.5. The first-order chi connectivity index (χ1) is 10.5. The minimum Gasteiger partial charge on any atom is -0.478 e. The van der Waals surface area contributed by atoms with Crippen molar-refractivity contribution in [3.05, 3.63) is 74.9 Å². The molecule has 22 heavy (non-hydrogen) atoms. The molecule has 1 N–H and O–H groups in total. The van der Waals surface area contributed by atoms with E-state index in [-0.39, 0.29) is 11.1 Å². The Morgan fingerprint density at radius 2 is 1.95 bits per heavy atom. The fourth-order valence-corrected chi connectivity index (χ4v) is 2.56. The molecule has 0 aliphatic heterocycles. The van der Waals surface area contributed by atoms with E-state index in [2.05, 4.69) is 20.9 Å². The summed E-state index contributed by atoms with van der Waals surface area (Å²) >= 11 is 3.26. The molecule has 0 amide bonds. The topological polar surface area (TPSA) is 72.2 Å². The van der Waals surface area contributed by atoms with E-state index < -0.39 is 5.97 Å². The van der Waals surface area contributed by atoms with E-state index in [1.54, 1.807) is 35.2 Å². The molecule has 0 saturated carbocycles. The maximum Gasteiger partial charge on any atom is 0.335 e. The molecule has 0 aliphatic carbocycles. The number of aromatic carboxylic acids is 1. The molecule has 0 saturated heterocycles. The second-order valence-corrected chi connectivity index (χ2v) is 5.66. The third-order valence-electron chi connectivity index (χ3n) is 3.38. The summed E-state index contributed by atoms with van der Waals surface area (Å²) in [5.74, 6) is -0.966. The van der Waals surface area contributed by atoms with Gasteiger partial charge in [-0.3, -0.25) is 4.79 Å². The Kier molecular flexibility index (Phi) is 3.77. The zero-order chi connectivity index (χ0) is 15.7. The number of pyridine rings is 2. The van der Waals surface area contributed by atoms with Crippen LogP contribution in [0.2, 0.25) is 0 Å². The lowest BCUT2D eigenvalue weighted by molar-refractivity contribution is 0.0697. The Hall–Kier alpha value is -2.47. The van der Waals surface area contributed by atoms with E-state index >= 15 is 0 Å². The number of aromatic nitrogens is 2. The molecule has 0 unspecified atom stereocenters. The Bertz CT molecular complexity index is 917. The largest absolute Gasteiger partial charge is 0.478 e. The van der Waals surface area contributed by atoms with Gasteiger partial charge in [0.05, 0.1) is 17.5 Å². The SMILES string of the molecule is O=C(O)c1ccc(Cn2ccc3cnc(Br)cc3c2=O)cc1. The van der Waals surface area contributed by atoms with Gasteiger partial charge in [0.1, 0.15) is 4.60 Å². The van der Waals surface area contributed by atoms with Crippen LogP contribution < -0.4 is 5.56 Å². The van der Waals surface area contributed by atoms with Crippen molar-refractivity contribution >= 4 is 32.7 Å². The normalized spacial score (nSPS) is 10.8. The maximum absolute atomic E-state index is 12.5. The Morgan fingerprint density at radius 1 is 1.23 bits per heavy atom. The van der Waals surface area contributed by atoms with Crippen molar-refractivity contribution in [3.63, 3.8) is 0 Å². The van der Waals surface area contributed by atoms with E-state index in [9.17, 15) is 9.59 Å². The summed E-state index contributed by atoms with van der Waals surface area (Å²) in [4.78, 5) is 27.4. The van der Waals surface area contributed by atoms with Crippen LogP contribution in [-0.2, 0) is 6.54 Å². The van der Waals surface area contributed by atoms with Crippen molar-refractivity contribution in [1.29, 1.82) is 0 Å². The number of fused-ring (bicyclic) bond motifs is 1. The van der Waals surface area contributed by atoms with Crippen molar-refractivity contribution in [2.24, 2.45) is 0 Å². The van der Waals surface area contributed by atoms with Crippen LogP contribution in [0.4, 0.5) is 0 Å². The molecule has 110 valence electrons. The molecule has 0 fully saturated rings. The van der Waals surface area contributed by atoms with Gasteiger partial charge in [0, 0.05) is 17.8 Å². The summed E-state index contributed by atoms with van der Waals surface area (Å²) in [6, 6.07) is 10.0. The van der Waals surface area contributed by atoms with Crippen LogP contribution in [0.5, 0.6) is 0 Å². The van der Waals surface area contributed by atoms with Crippen molar-refractivity contribution < 1.29 is 9.90 Å². The lowest BCUT2D eigenvalue weighted by Crippen LogP contribution is -2.20. The number of nitrogens with zero attached hydrogens (tertiary/aromatic N) is 2. The van der Waals surface area contributed by atoms with Crippen molar-refractivity contribution in [2.45, 2.75) is 6.54 Å². The van der Waals surface area contributed by atoms with Gasteiger partial charge >= 0.3 is 5.97 Å². The smallest absolute Gasteiger partial charge is 0.335 e. The second-order valence-electron chi connectivity index (χ2n) is 4.85. The van der Waals surface area contributed by atoms with Crippen molar-refractivity contribution in [2.75, 3.05) is 0 Å². The number of rotatable bonds is 3. The van der Waals surface area contributed by atoms with E-state index in [1.807, 2.05) is 6.07 Å².